The molecule has 32 heavy (non-hydrogen) atoms. The number of rotatable bonds is 5. The van der Waals surface area contributed by atoms with E-state index in [1.54, 1.807) is 6.92 Å². The highest BCUT2D eigenvalue weighted by Crippen LogP contribution is 2.40. The van der Waals surface area contributed by atoms with Crippen LogP contribution >= 0.6 is 0 Å². The molecule has 0 aliphatic carbocycles. The normalized spacial score (nSPS) is 17.0. The van der Waals surface area contributed by atoms with Gasteiger partial charge in [0.2, 0.25) is 10.0 Å². The number of aromatic nitrogens is 2. The predicted octanol–water partition coefficient (Wildman–Crippen LogP) is 1.93. The van der Waals surface area contributed by atoms with E-state index in [0.29, 0.717) is 25.2 Å². The molecule has 3 rings (SSSR count). The summed E-state index contributed by atoms with van der Waals surface area (Å²) in [6.07, 6.45) is -5.32. The van der Waals surface area contributed by atoms with Crippen molar-refractivity contribution in [2.75, 3.05) is 24.9 Å². The molecule has 0 spiro atoms. The van der Waals surface area contributed by atoms with Crippen LogP contribution in [0.25, 0.3) is 10.9 Å². The van der Waals surface area contributed by atoms with E-state index < -0.39 is 56.1 Å². The van der Waals surface area contributed by atoms with Gasteiger partial charge in [-0.1, -0.05) is 6.92 Å². The minimum atomic E-state index is -4.91. The molecule has 0 unspecified atom stereocenters. The van der Waals surface area contributed by atoms with Crippen LogP contribution in [0.15, 0.2) is 21.7 Å². The Balaban J connectivity index is 2.39. The van der Waals surface area contributed by atoms with Crippen molar-refractivity contribution in [3.8, 4) is 0 Å². The van der Waals surface area contributed by atoms with Gasteiger partial charge in [0.1, 0.15) is 0 Å². The van der Waals surface area contributed by atoms with Crippen molar-refractivity contribution in [1.29, 1.82) is 0 Å². The van der Waals surface area contributed by atoms with Crippen molar-refractivity contribution in [3.05, 3.63) is 44.1 Å². The van der Waals surface area contributed by atoms with Gasteiger partial charge in [-0.15, -0.1) is 0 Å². The fourth-order valence-electron chi connectivity index (χ4n) is 3.42. The summed E-state index contributed by atoms with van der Waals surface area (Å²) >= 11 is 0. The van der Waals surface area contributed by atoms with Crippen molar-refractivity contribution in [2.24, 2.45) is 0 Å². The first-order valence-corrected chi connectivity index (χ1v) is 11.4. The van der Waals surface area contributed by atoms with Gasteiger partial charge in [-0.3, -0.25) is 4.79 Å². The second-order valence-corrected chi connectivity index (χ2v) is 8.99. The lowest BCUT2D eigenvalue weighted by atomic mass is 9.97. The second kappa shape index (κ2) is 8.58. The van der Waals surface area contributed by atoms with Crippen LogP contribution in [-0.2, 0) is 25.7 Å². The summed E-state index contributed by atoms with van der Waals surface area (Å²) in [5.74, 6) is 0. The third kappa shape index (κ3) is 4.50. The van der Waals surface area contributed by atoms with Gasteiger partial charge in [-0.05, 0) is 37.0 Å². The lowest BCUT2D eigenvalue weighted by Gasteiger charge is -2.20. The van der Waals surface area contributed by atoms with Gasteiger partial charge in [-0.25, -0.2) is 23.4 Å². The molecule has 1 saturated heterocycles. The summed E-state index contributed by atoms with van der Waals surface area (Å²) < 4.78 is 76.1. The topological polar surface area (TPSA) is 126 Å². The Morgan fingerprint density at radius 2 is 2.00 bits per heavy atom. The first-order chi connectivity index (χ1) is 14.9. The van der Waals surface area contributed by atoms with Crippen LogP contribution in [0.5, 0.6) is 0 Å². The quantitative estimate of drug-likeness (QED) is 0.695. The third-order valence-corrected chi connectivity index (χ3v) is 5.76. The molecule has 1 atom stereocenters. The molecule has 1 aliphatic rings. The molecular formula is C18H20F3N3O7S. The number of benzene rings is 1. The summed E-state index contributed by atoms with van der Waals surface area (Å²) in [4.78, 5) is 37.5. The van der Waals surface area contributed by atoms with Gasteiger partial charge in [0.15, 0.2) is 0 Å². The zero-order chi connectivity index (χ0) is 23.8. The standard InChI is InChI=1S/C18H20F3N3O7S/c1-3-6-31-16(26)22-23-15(25)11-8-10(14-5-4-7-30-14)12(18(19,20)21)9-13(11)24(17(23)27)32(2,28)29/h8-9,14H,3-7H2,1-2H3,(H,22,26)/t14-/m1/s1. The molecule has 1 aromatic carbocycles. The lowest BCUT2D eigenvalue weighted by molar-refractivity contribution is -0.139. The average molecular weight is 479 g/mol. The monoisotopic (exact) mass is 479 g/mol. The van der Waals surface area contributed by atoms with Crippen molar-refractivity contribution in [3.63, 3.8) is 0 Å². The maximum absolute atomic E-state index is 13.8. The number of hydrogen-bond donors (Lipinski definition) is 1. The minimum Gasteiger partial charge on any atom is -0.448 e. The van der Waals surface area contributed by atoms with E-state index in [-0.39, 0.29) is 33.8 Å². The van der Waals surface area contributed by atoms with E-state index in [9.17, 15) is 36.0 Å². The molecule has 1 amide bonds. The molecule has 14 heteroatoms. The number of carbonyl (C=O) groups excluding carboxylic acids is 1. The summed E-state index contributed by atoms with van der Waals surface area (Å²) in [7, 11) is -4.49. The Kier molecular flexibility index (Phi) is 6.38. The van der Waals surface area contributed by atoms with E-state index in [2.05, 4.69) is 0 Å². The molecule has 0 saturated carbocycles. The number of ether oxygens (including phenoxy) is 2. The summed E-state index contributed by atoms with van der Waals surface area (Å²) in [6, 6.07) is 1.29. The van der Waals surface area contributed by atoms with Crippen molar-refractivity contribution >= 4 is 27.0 Å². The molecule has 2 heterocycles. The number of carbonyl (C=O) groups is 1. The number of fused-ring (bicyclic) bond motifs is 1. The van der Waals surface area contributed by atoms with Gasteiger partial charge in [-0.2, -0.15) is 21.8 Å². The number of amides is 1. The van der Waals surface area contributed by atoms with E-state index in [0.717, 1.165) is 6.07 Å². The van der Waals surface area contributed by atoms with E-state index in [1.807, 2.05) is 5.43 Å². The van der Waals surface area contributed by atoms with Crippen LogP contribution in [0.4, 0.5) is 18.0 Å². The van der Waals surface area contributed by atoms with Gasteiger partial charge in [0, 0.05) is 6.61 Å². The highest BCUT2D eigenvalue weighted by Gasteiger charge is 2.38. The molecule has 0 radical (unpaired) electrons. The number of nitrogens with zero attached hydrogens (tertiary/aromatic N) is 2. The minimum absolute atomic E-state index is 0.0262. The Hall–Kier alpha value is -2.87. The van der Waals surface area contributed by atoms with Crippen LogP contribution in [0.3, 0.4) is 0 Å². The van der Waals surface area contributed by atoms with Gasteiger partial charge in [0.25, 0.3) is 5.56 Å². The molecular weight excluding hydrogens is 459 g/mol. The first kappa shape index (κ1) is 23.8. The Morgan fingerprint density at radius 1 is 1.31 bits per heavy atom. The van der Waals surface area contributed by atoms with E-state index in [1.165, 1.54) is 0 Å². The average Bonchev–Trinajstić information content (AvgIpc) is 3.22. The fourth-order valence-corrected chi connectivity index (χ4v) is 4.29. The Morgan fingerprint density at radius 3 is 2.53 bits per heavy atom. The largest absolute Gasteiger partial charge is 0.448 e. The van der Waals surface area contributed by atoms with Gasteiger partial charge >= 0.3 is 18.0 Å². The van der Waals surface area contributed by atoms with Crippen LogP contribution in [0.2, 0.25) is 0 Å². The highest BCUT2D eigenvalue weighted by atomic mass is 32.2. The zero-order valence-electron chi connectivity index (χ0n) is 17.1. The van der Waals surface area contributed by atoms with Crippen molar-refractivity contribution in [2.45, 2.75) is 38.5 Å². The predicted molar refractivity (Wildman–Crippen MR) is 107 cm³/mol. The van der Waals surface area contributed by atoms with Crippen LogP contribution < -0.4 is 16.7 Å². The maximum atomic E-state index is 13.8. The molecule has 1 aromatic heterocycles. The summed E-state index contributed by atoms with van der Waals surface area (Å²) in [6.45, 7) is 1.86. The number of nitrogens with one attached hydrogen (secondary N) is 1. The molecule has 1 N–H and O–H groups in total. The highest BCUT2D eigenvalue weighted by molar-refractivity contribution is 7.89. The third-order valence-electron chi connectivity index (χ3n) is 4.74. The number of alkyl halides is 3. The SMILES string of the molecule is CCCOC(=O)Nn1c(=O)c2cc([C@H]3CCCO3)c(C(F)(F)F)cc2n(S(C)(=O)=O)c1=O. The van der Waals surface area contributed by atoms with Crippen LogP contribution in [0.1, 0.15) is 43.4 Å². The molecule has 2 aromatic rings. The number of halogens is 3. The summed E-state index contributed by atoms with van der Waals surface area (Å²) in [5.41, 5.74) is -3.30. The Labute approximate surface area is 179 Å². The smallest absolute Gasteiger partial charge is 0.426 e. The molecule has 176 valence electrons. The maximum Gasteiger partial charge on any atom is 0.426 e. The lowest BCUT2D eigenvalue weighted by Crippen LogP contribution is -2.48. The van der Waals surface area contributed by atoms with E-state index in [4.69, 9.17) is 9.47 Å². The van der Waals surface area contributed by atoms with Crippen LogP contribution in [0, 0.1) is 0 Å². The molecule has 0 bridgehead atoms. The van der Waals surface area contributed by atoms with Crippen molar-refractivity contribution < 1.29 is 35.9 Å². The zero-order valence-corrected chi connectivity index (χ0v) is 17.9. The van der Waals surface area contributed by atoms with Crippen molar-refractivity contribution in [1.82, 2.24) is 8.65 Å². The molecule has 1 aliphatic heterocycles. The van der Waals surface area contributed by atoms with Crippen LogP contribution in [-0.4, -0.2) is 42.6 Å². The van der Waals surface area contributed by atoms with Gasteiger partial charge < -0.3 is 9.47 Å². The molecule has 1 fully saturated rings. The van der Waals surface area contributed by atoms with Gasteiger partial charge in [0.05, 0.1) is 35.4 Å². The first-order valence-electron chi connectivity index (χ1n) is 9.55. The number of hydrogen-bond acceptors (Lipinski definition) is 7. The van der Waals surface area contributed by atoms with E-state index >= 15 is 0 Å². The second-order valence-electron chi connectivity index (χ2n) is 7.15. The molecule has 10 nitrogen and oxygen atoms in total. The Bertz CT molecular complexity index is 1280. The fraction of sp³-hybridized carbons (Fsp3) is 0.500. The summed E-state index contributed by atoms with van der Waals surface area (Å²) in [5, 5.41) is -0.524.